The van der Waals surface area contributed by atoms with Crippen LogP contribution in [0, 0.1) is 0 Å². The maximum atomic E-state index is 13.0. The molecule has 0 unspecified atom stereocenters. The molecule has 1 heterocycles. The second-order valence-electron chi connectivity index (χ2n) is 5.10. The first-order chi connectivity index (χ1) is 10.7. The average Bonchev–Trinajstić information content (AvgIpc) is 2.46. The van der Waals surface area contributed by atoms with Crippen LogP contribution in [0.3, 0.4) is 0 Å². The third kappa shape index (κ3) is 4.80. The largest absolute Gasteiger partial charge is 0.417 e. The molecule has 0 amide bonds. The second kappa shape index (κ2) is 7.35. The molecule has 2 N–H and O–H groups in total. The van der Waals surface area contributed by atoms with Crippen molar-refractivity contribution in [2.75, 3.05) is 39.3 Å². The van der Waals surface area contributed by atoms with Gasteiger partial charge in [-0.3, -0.25) is 4.90 Å². The van der Waals surface area contributed by atoms with Crippen LogP contribution in [-0.2, 0) is 16.2 Å². The molecule has 1 fully saturated rings. The summed E-state index contributed by atoms with van der Waals surface area (Å²) in [6.07, 6.45) is -4.80. The van der Waals surface area contributed by atoms with E-state index in [0.29, 0.717) is 12.6 Å². The van der Waals surface area contributed by atoms with E-state index in [1.54, 1.807) is 0 Å². The molecule has 10 heteroatoms. The van der Waals surface area contributed by atoms with Gasteiger partial charge in [-0.1, -0.05) is 17.7 Å². The summed E-state index contributed by atoms with van der Waals surface area (Å²) < 4.78 is 65.7. The lowest BCUT2D eigenvalue weighted by Crippen LogP contribution is -2.46. The Kier molecular flexibility index (Phi) is 5.90. The van der Waals surface area contributed by atoms with Crippen molar-refractivity contribution in [1.29, 1.82) is 0 Å². The fourth-order valence-electron chi connectivity index (χ4n) is 2.35. The molecule has 1 aliphatic rings. The summed E-state index contributed by atoms with van der Waals surface area (Å²) in [6.45, 7) is 3.58. The summed E-state index contributed by atoms with van der Waals surface area (Å²) in [7, 11) is -4.35. The maximum absolute atomic E-state index is 13.0. The number of hydrogen-bond acceptors (Lipinski definition) is 4. The monoisotopic (exact) mass is 371 g/mol. The normalized spacial score (nSPS) is 17.4. The molecule has 0 saturated carbocycles. The lowest BCUT2D eigenvalue weighted by Gasteiger charge is -2.27. The van der Waals surface area contributed by atoms with Crippen LogP contribution in [0.15, 0.2) is 23.1 Å². The van der Waals surface area contributed by atoms with E-state index in [2.05, 4.69) is 10.0 Å². The van der Waals surface area contributed by atoms with Crippen molar-refractivity contribution in [3.8, 4) is 0 Å². The van der Waals surface area contributed by atoms with Crippen LogP contribution in [0.2, 0.25) is 5.02 Å². The highest BCUT2D eigenvalue weighted by atomic mass is 35.5. The van der Waals surface area contributed by atoms with Gasteiger partial charge >= 0.3 is 6.18 Å². The molecule has 5 nitrogen and oxygen atoms in total. The Morgan fingerprint density at radius 1 is 1.26 bits per heavy atom. The Labute approximate surface area is 137 Å². The van der Waals surface area contributed by atoms with Crippen molar-refractivity contribution in [2.45, 2.75) is 11.1 Å². The predicted octanol–water partition coefficient (Wildman–Crippen LogP) is 1.54. The topological polar surface area (TPSA) is 61.4 Å². The van der Waals surface area contributed by atoms with Crippen molar-refractivity contribution in [3.63, 3.8) is 0 Å². The van der Waals surface area contributed by atoms with Gasteiger partial charge in [0.1, 0.15) is 4.90 Å². The highest BCUT2D eigenvalue weighted by Crippen LogP contribution is 2.37. The molecule has 23 heavy (non-hydrogen) atoms. The zero-order valence-corrected chi connectivity index (χ0v) is 13.7. The van der Waals surface area contributed by atoms with E-state index in [1.165, 1.54) is 0 Å². The summed E-state index contributed by atoms with van der Waals surface area (Å²) in [5.74, 6) is 0. The fraction of sp³-hybridized carbons (Fsp3) is 0.538. The van der Waals surface area contributed by atoms with Gasteiger partial charge in [-0.25, -0.2) is 13.1 Å². The number of alkyl halides is 3. The van der Waals surface area contributed by atoms with E-state index in [9.17, 15) is 21.6 Å². The van der Waals surface area contributed by atoms with Gasteiger partial charge in [0.2, 0.25) is 10.0 Å². The Morgan fingerprint density at radius 2 is 1.91 bits per heavy atom. The maximum Gasteiger partial charge on any atom is 0.417 e. The van der Waals surface area contributed by atoms with Crippen molar-refractivity contribution < 1.29 is 21.6 Å². The van der Waals surface area contributed by atoms with Gasteiger partial charge in [-0.05, 0) is 12.1 Å². The third-order valence-corrected chi connectivity index (χ3v) is 5.46. The quantitative estimate of drug-likeness (QED) is 0.824. The number of nitrogens with zero attached hydrogens (tertiary/aromatic N) is 1. The molecular weight excluding hydrogens is 355 g/mol. The molecule has 1 aromatic rings. The van der Waals surface area contributed by atoms with Gasteiger partial charge in [0.05, 0.1) is 10.6 Å². The minimum atomic E-state index is -4.80. The smallest absolute Gasteiger partial charge is 0.314 e. The molecule has 2 rings (SSSR count). The van der Waals surface area contributed by atoms with Gasteiger partial charge in [0.15, 0.2) is 0 Å². The molecule has 0 spiro atoms. The highest BCUT2D eigenvalue weighted by Gasteiger charge is 2.38. The van der Waals surface area contributed by atoms with Crippen molar-refractivity contribution in [1.82, 2.24) is 14.9 Å². The number of hydrogen-bond donors (Lipinski definition) is 2. The summed E-state index contributed by atoms with van der Waals surface area (Å²) in [5.41, 5.74) is -1.26. The van der Waals surface area contributed by atoms with E-state index < -0.39 is 31.7 Å². The van der Waals surface area contributed by atoms with E-state index in [4.69, 9.17) is 11.6 Å². The first-order valence-corrected chi connectivity index (χ1v) is 8.86. The van der Waals surface area contributed by atoms with Crippen LogP contribution in [0.4, 0.5) is 13.2 Å². The van der Waals surface area contributed by atoms with Crippen LogP contribution in [0.5, 0.6) is 0 Å². The van der Waals surface area contributed by atoms with Gasteiger partial charge in [0.25, 0.3) is 0 Å². The minimum Gasteiger partial charge on any atom is -0.314 e. The second-order valence-corrected chi connectivity index (χ2v) is 7.21. The standard InChI is InChI=1S/C13H17ClF3N3O2S/c14-11-3-1-2-10(13(15,16)17)12(11)23(21,22)19-6-9-20-7-4-18-5-8-20/h1-3,18-19H,4-9H2. The fourth-order valence-corrected chi connectivity index (χ4v) is 4.13. The van der Waals surface area contributed by atoms with E-state index in [-0.39, 0.29) is 6.54 Å². The van der Waals surface area contributed by atoms with Gasteiger partial charge in [-0.15, -0.1) is 0 Å². The Hall–Kier alpha value is -0.870. The van der Waals surface area contributed by atoms with Crippen LogP contribution in [0.25, 0.3) is 0 Å². The summed E-state index contributed by atoms with van der Waals surface area (Å²) >= 11 is 5.71. The number of piperazine rings is 1. The SMILES string of the molecule is O=S(=O)(NCCN1CCNCC1)c1c(Cl)cccc1C(F)(F)F. The molecule has 0 bridgehead atoms. The Balaban J connectivity index is 2.13. The van der Waals surface area contributed by atoms with Crippen LogP contribution >= 0.6 is 11.6 Å². The molecule has 0 aromatic heterocycles. The lowest BCUT2D eigenvalue weighted by atomic mass is 10.2. The molecular formula is C13H17ClF3N3O2S. The molecule has 1 aromatic carbocycles. The molecule has 0 aliphatic carbocycles. The Bertz CT molecular complexity index is 646. The minimum absolute atomic E-state index is 0.0187. The summed E-state index contributed by atoms with van der Waals surface area (Å²) in [6, 6.07) is 2.91. The summed E-state index contributed by atoms with van der Waals surface area (Å²) in [4.78, 5) is 1.10. The number of benzene rings is 1. The zero-order chi connectivity index (χ0) is 17.1. The zero-order valence-electron chi connectivity index (χ0n) is 12.2. The predicted molar refractivity (Wildman–Crippen MR) is 81.0 cm³/mol. The number of halogens is 4. The van der Waals surface area contributed by atoms with Crippen molar-refractivity contribution in [2.24, 2.45) is 0 Å². The number of nitrogens with one attached hydrogen (secondary N) is 2. The van der Waals surface area contributed by atoms with Crippen molar-refractivity contribution in [3.05, 3.63) is 28.8 Å². The van der Waals surface area contributed by atoms with E-state index in [1.807, 2.05) is 4.90 Å². The van der Waals surface area contributed by atoms with Gasteiger partial charge < -0.3 is 5.32 Å². The number of sulfonamides is 1. The highest BCUT2D eigenvalue weighted by molar-refractivity contribution is 7.89. The molecule has 0 atom stereocenters. The Morgan fingerprint density at radius 3 is 2.52 bits per heavy atom. The van der Waals surface area contributed by atoms with Gasteiger partial charge in [0, 0.05) is 39.3 Å². The molecule has 1 aliphatic heterocycles. The van der Waals surface area contributed by atoms with Crippen LogP contribution in [0.1, 0.15) is 5.56 Å². The average molecular weight is 372 g/mol. The lowest BCUT2D eigenvalue weighted by molar-refractivity contribution is -0.139. The van der Waals surface area contributed by atoms with Gasteiger partial charge in [-0.2, -0.15) is 13.2 Å². The first kappa shape index (κ1) is 18.5. The molecule has 1 saturated heterocycles. The molecule has 130 valence electrons. The van der Waals surface area contributed by atoms with Crippen LogP contribution < -0.4 is 10.0 Å². The van der Waals surface area contributed by atoms with E-state index >= 15 is 0 Å². The van der Waals surface area contributed by atoms with Crippen molar-refractivity contribution >= 4 is 21.6 Å². The van der Waals surface area contributed by atoms with Crippen LogP contribution in [-0.4, -0.2) is 52.6 Å². The first-order valence-electron chi connectivity index (χ1n) is 7.00. The number of rotatable bonds is 5. The molecule has 0 radical (unpaired) electrons. The summed E-state index contributed by atoms with van der Waals surface area (Å²) in [5, 5.41) is 2.71. The third-order valence-electron chi connectivity index (χ3n) is 3.47. The van der Waals surface area contributed by atoms with E-state index in [0.717, 1.165) is 38.3 Å².